The first kappa shape index (κ1) is 12.3. The van der Waals surface area contributed by atoms with Crippen LogP contribution in [0.15, 0.2) is 53.0 Å². The number of aromatic nitrogens is 3. The zero-order valence-electron chi connectivity index (χ0n) is 11.0. The maximum absolute atomic E-state index is 6.01. The SMILES string of the molecule is Nc1cc(Br)cc2[nH]c(-c3ccc4ccccc4n3)nc12. The summed E-state index contributed by atoms with van der Waals surface area (Å²) in [6.45, 7) is 0. The van der Waals surface area contributed by atoms with Crippen molar-refractivity contribution < 1.29 is 0 Å². The number of hydrogen-bond donors (Lipinski definition) is 2. The van der Waals surface area contributed by atoms with Crippen LogP contribution in [0.3, 0.4) is 0 Å². The monoisotopic (exact) mass is 338 g/mol. The average molecular weight is 339 g/mol. The molecule has 0 fully saturated rings. The molecule has 0 spiro atoms. The topological polar surface area (TPSA) is 67.6 Å². The van der Waals surface area contributed by atoms with Crippen LogP contribution in [0.2, 0.25) is 0 Å². The van der Waals surface area contributed by atoms with E-state index in [9.17, 15) is 0 Å². The Morgan fingerprint density at radius 3 is 2.76 bits per heavy atom. The number of rotatable bonds is 1. The highest BCUT2D eigenvalue weighted by Crippen LogP contribution is 2.27. The Morgan fingerprint density at radius 2 is 1.86 bits per heavy atom. The van der Waals surface area contributed by atoms with E-state index in [2.05, 4.69) is 30.9 Å². The van der Waals surface area contributed by atoms with Crippen molar-refractivity contribution in [3.05, 3.63) is 53.0 Å². The van der Waals surface area contributed by atoms with Gasteiger partial charge in [0.1, 0.15) is 11.2 Å². The van der Waals surface area contributed by atoms with E-state index in [0.29, 0.717) is 5.69 Å². The number of pyridine rings is 1. The summed E-state index contributed by atoms with van der Waals surface area (Å²) in [7, 11) is 0. The summed E-state index contributed by atoms with van der Waals surface area (Å²) in [5, 5.41) is 1.11. The fraction of sp³-hybridized carbons (Fsp3) is 0. The predicted octanol–water partition coefficient (Wildman–Crippen LogP) is 4.12. The molecule has 0 aliphatic carbocycles. The summed E-state index contributed by atoms with van der Waals surface area (Å²) in [4.78, 5) is 12.5. The fourth-order valence-electron chi connectivity index (χ4n) is 2.43. The predicted molar refractivity (Wildman–Crippen MR) is 88.9 cm³/mol. The van der Waals surface area contributed by atoms with E-state index in [-0.39, 0.29) is 0 Å². The number of fused-ring (bicyclic) bond motifs is 2. The molecule has 3 N–H and O–H groups in total. The van der Waals surface area contributed by atoms with Crippen molar-refractivity contribution >= 4 is 43.6 Å². The number of para-hydroxylation sites is 1. The molecule has 0 saturated heterocycles. The fourth-order valence-corrected chi connectivity index (χ4v) is 2.90. The molecular weight excluding hydrogens is 328 g/mol. The van der Waals surface area contributed by atoms with Gasteiger partial charge < -0.3 is 10.7 Å². The summed E-state index contributed by atoms with van der Waals surface area (Å²) in [6.07, 6.45) is 0. The molecule has 0 saturated carbocycles. The molecule has 5 heteroatoms. The number of H-pyrrole nitrogens is 1. The van der Waals surface area contributed by atoms with E-state index in [1.807, 2.05) is 48.5 Å². The number of nitrogens with zero attached hydrogens (tertiary/aromatic N) is 2. The number of hydrogen-bond acceptors (Lipinski definition) is 3. The Balaban J connectivity index is 1.93. The zero-order chi connectivity index (χ0) is 14.4. The van der Waals surface area contributed by atoms with Gasteiger partial charge in [0.15, 0.2) is 5.82 Å². The van der Waals surface area contributed by atoms with Crippen molar-refractivity contribution in [1.82, 2.24) is 15.0 Å². The van der Waals surface area contributed by atoms with Gasteiger partial charge in [-0.25, -0.2) is 9.97 Å². The van der Waals surface area contributed by atoms with Gasteiger partial charge in [-0.3, -0.25) is 0 Å². The molecule has 2 heterocycles. The molecule has 2 aromatic heterocycles. The molecule has 102 valence electrons. The summed E-state index contributed by atoms with van der Waals surface area (Å²) >= 11 is 3.44. The highest BCUT2D eigenvalue weighted by molar-refractivity contribution is 9.10. The van der Waals surface area contributed by atoms with Crippen LogP contribution in [0.1, 0.15) is 0 Å². The molecule has 21 heavy (non-hydrogen) atoms. The van der Waals surface area contributed by atoms with Crippen molar-refractivity contribution in [2.45, 2.75) is 0 Å². The van der Waals surface area contributed by atoms with Gasteiger partial charge in [0.05, 0.1) is 16.7 Å². The number of benzene rings is 2. The second-order valence-electron chi connectivity index (χ2n) is 4.87. The minimum atomic E-state index is 0.641. The Labute approximate surface area is 129 Å². The Kier molecular flexibility index (Phi) is 2.68. The minimum absolute atomic E-state index is 0.641. The number of nitrogens with two attached hydrogens (primary N) is 1. The summed E-state index contributed by atoms with van der Waals surface area (Å²) in [5.74, 6) is 0.723. The van der Waals surface area contributed by atoms with Crippen LogP contribution in [0.5, 0.6) is 0 Å². The molecule has 4 rings (SSSR count). The average Bonchev–Trinajstić information content (AvgIpc) is 2.91. The van der Waals surface area contributed by atoms with E-state index in [1.54, 1.807) is 0 Å². The van der Waals surface area contributed by atoms with Crippen LogP contribution < -0.4 is 5.73 Å². The van der Waals surface area contributed by atoms with Crippen LogP contribution >= 0.6 is 15.9 Å². The Bertz CT molecular complexity index is 975. The first-order chi connectivity index (χ1) is 10.2. The number of aromatic amines is 1. The van der Waals surface area contributed by atoms with Crippen LogP contribution in [0.25, 0.3) is 33.5 Å². The van der Waals surface area contributed by atoms with Gasteiger partial charge in [-0.1, -0.05) is 40.2 Å². The van der Waals surface area contributed by atoms with Gasteiger partial charge in [0.25, 0.3) is 0 Å². The van der Waals surface area contributed by atoms with Crippen LogP contribution in [0, 0.1) is 0 Å². The number of imidazole rings is 1. The smallest absolute Gasteiger partial charge is 0.157 e. The lowest BCUT2D eigenvalue weighted by Crippen LogP contribution is -1.87. The summed E-state index contributed by atoms with van der Waals surface area (Å²) < 4.78 is 0.925. The number of anilines is 1. The number of nitrogens with one attached hydrogen (secondary N) is 1. The van der Waals surface area contributed by atoms with E-state index < -0.39 is 0 Å². The van der Waals surface area contributed by atoms with E-state index >= 15 is 0 Å². The van der Waals surface area contributed by atoms with Gasteiger partial charge >= 0.3 is 0 Å². The maximum atomic E-state index is 6.01. The molecule has 4 nitrogen and oxygen atoms in total. The number of halogens is 1. The number of nitrogen functional groups attached to an aromatic ring is 1. The van der Waals surface area contributed by atoms with Crippen molar-refractivity contribution in [1.29, 1.82) is 0 Å². The maximum Gasteiger partial charge on any atom is 0.157 e. The largest absolute Gasteiger partial charge is 0.397 e. The third-order valence-electron chi connectivity index (χ3n) is 3.42. The highest BCUT2D eigenvalue weighted by atomic mass is 79.9. The summed E-state index contributed by atoms with van der Waals surface area (Å²) in [5.41, 5.74) is 10.1. The van der Waals surface area contributed by atoms with E-state index in [1.165, 1.54) is 0 Å². The summed E-state index contributed by atoms with van der Waals surface area (Å²) in [6, 6.07) is 15.8. The molecule has 0 amide bonds. The lowest BCUT2D eigenvalue weighted by molar-refractivity contribution is 1.27. The van der Waals surface area contributed by atoms with Crippen LogP contribution in [-0.4, -0.2) is 15.0 Å². The lowest BCUT2D eigenvalue weighted by Gasteiger charge is -1.99. The molecule has 0 aliphatic heterocycles. The van der Waals surface area contributed by atoms with Gasteiger partial charge in [-0.05, 0) is 24.3 Å². The Morgan fingerprint density at radius 1 is 1.00 bits per heavy atom. The van der Waals surface area contributed by atoms with Crippen LogP contribution in [0.4, 0.5) is 5.69 Å². The zero-order valence-corrected chi connectivity index (χ0v) is 12.6. The standard InChI is InChI=1S/C16H11BrN4/c17-10-7-11(18)15-14(8-10)20-16(21-15)13-6-5-9-3-1-2-4-12(9)19-13/h1-8H,18H2,(H,20,21). The first-order valence-electron chi connectivity index (χ1n) is 6.51. The molecular formula is C16H11BrN4. The van der Waals surface area contributed by atoms with Crippen molar-refractivity contribution in [2.24, 2.45) is 0 Å². The molecule has 4 aromatic rings. The molecule has 0 bridgehead atoms. The molecule has 0 aliphatic rings. The molecule has 0 unspecified atom stereocenters. The third-order valence-corrected chi connectivity index (χ3v) is 3.88. The quantitative estimate of drug-likeness (QED) is 0.513. The second kappa shape index (κ2) is 4.56. The molecule has 2 aromatic carbocycles. The van der Waals surface area contributed by atoms with E-state index in [0.717, 1.165) is 37.9 Å². The van der Waals surface area contributed by atoms with Gasteiger partial charge in [0, 0.05) is 9.86 Å². The van der Waals surface area contributed by atoms with Gasteiger partial charge in [-0.15, -0.1) is 0 Å². The van der Waals surface area contributed by atoms with Crippen molar-refractivity contribution in [2.75, 3.05) is 5.73 Å². The minimum Gasteiger partial charge on any atom is -0.397 e. The van der Waals surface area contributed by atoms with Crippen molar-refractivity contribution in [3.63, 3.8) is 0 Å². The molecule has 0 radical (unpaired) electrons. The first-order valence-corrected chi connectivity index (χ1v) is 7.31. The van der Waals surface area contributed by atoms with Crippen LogP contribution in [-0.2, 0) is 0 Å². The third kappa shape index (κ3) is 2.06. The normalized spacial score (nSPS) is 11.3. The van der Waals surface area contributed by atoms with E-state index in [4.69, 9.17) is 5.73 Å². The second-order valence-corrected chi connectivity index (χ2v) is 5.78. The highest BCUT2D eigenvalue weighted by Gasteiger charge is 2.10. The Hall–Kier alpha value is -2.40. The van der Waals surface area contributed by atoms with Crippen molar-refractivity contribution in [3.8, 4) is 11.5 Å². The lowest BCUT2D eigenvalue weighted by atomic mass is 10.2. The van der Waals surface area contributed by atoms with Gasteiger partial charge in [0.2, 0.25) is 0 Å². The molecule has 0 atom stereocenters. The van der Waals surface area contributed by atoms with Gasteiger partial charge in [-0.2, -0.15) is 0 Å².